The minimum atomic E-state index is 0.235. The first kappa shape index (κ1) is 12.3. The molecule has 0 spiro atoms. The van der Waals surface area contributed by atoms with E-state index in [0.29, 0.717) is 5.82 Å². The first-order chi connectivity index (χ1) is 10.3. The Bertz CT molecular complexity index is 873. The van der Waals surface area contributed by atoms with Gasteiger partial charge in [0.25, 0.3) is 0 Å². The van der Waals surface area contributed by atoms with Gasteiger partial charge in [-0.05, 0) is 47.0 Å². The van der Waals surface area contributed by atoms with Gasteiger partial charge in [-0.15, -0.1) is 0 Å². The lowest BCUT2D eigenvalue weighted by Gasteiger charge is -2.10. The Balaban J connectivity index is 1.79. The van der Waals surface area contributed by atoms with Gasteiger partial charge in [0.2, 0.25) is 5.28 Å². The van der Waals surface area contributed by atoms with E-state index in [-0.39, 0.29) is 5.28 Å². The monoisotopic (exact) mass is 294 g/mol. The highest BCUT2D eigenvalue weighted by Gasteiger charge is 2.09. The van der Waals surface area contributed by atoms with Crippen LogP contribution in [0.3, 0.4) is 0 Å². The zero-order valence-corrected chi connectivity index (χ0v) is 11.8. The summed E-state index contributed by atoms with van der Waals surface area (Å²) in [7, 11) is 0. The fourth-order valence-electron chi connectivity index (χ4n) is 2.46. The average Bonchev–Trinajstić information content (AvgIpc) is 2.94. The molecular weight excluding hydrogens is 284 g/mol. The number of aromatic nitrogens is 2. The van der Waals surface area contributed by atoms with Crippen molar-refractivity contribution in [1.29, 1.82) is 0 Å². The number of hydrogen-bond donors (Lipinski definition) is 1. The molecule has 0 saturated heterocycles. The molecule has 4 nitrogen and oxygen atoms in total. The van der Waals surface area contributed by atoms with Gasteiger partial charge in [-0.25, -0.2) is 4.98 Å². The molecule has 0 bridgehead atoms. The van der Waals surface area contributed by atoms with Crippen LogP contribution >= 0.6 is 11.6 Å². The fourth-order valence-corrected chi connectivity index (χ4v) is 2.64. The molecule has 21 heavy (non-hydrogen) atoms. The number of anilines is 2. The van der Waals surface area contributed by atoms with Gasteiger partial charge in [-0.1, -0.05) is 18.2 Å². The average molecular weight is 295 g/mol. The molecule has 1 N–H and O–H groups in total. The normalized spacial score (nSPS) is 12.6. The Morgan fingerprint density at radius 1 is 1.05 bits per heavy atom. The van der Waals surface area contributed by atoms with Crippen LogP contribution in [0.15, 0.2) is 47.5 Å². The number of halogens is 1. The van der Waals surface area contributed by atoms with Crippen molar-refractivity contribution < 1.29 is 0 Å². The van der Waals surface area contributed by atoms with Crippen molar-refractivity contribution in [3.63, 3.8) is 0 Å². The van der Waals surface area contributed by atoms with Crippen molar-refractivity contribution in [3.05, 3.63) is 58.9 Å². The van der Waals surface area contributed by atoms with E-state index in [9.17, 15) is 0 Å². The molecule has 0 radical (unpaired) electrons. The van der Waals surface area contributed by atoms with Crippen LogP contribution in [0.1, 0.15) is 11.1 Å². The molecule has 2 heterocycles. The number of nitrogens with zero attached hydrogens (tertiary/aromatic N) is 3. The molecule has 4 rings (SSSR count). The van der Waals surface area contributed by atoms with Gasteiger partial charge in [0.1, 0.15) is 5.82 Å². The highest BCUT2D eigenvalue weighted by atomic mass is 35.5. The van der Waals surface area contributed by atoms with Crippen LogP contribution in [-0.2, 0) is 6.54 Å². The van der Waals surface area contributed by atoms with Crippen molar-refractivity contribution in [2.45, 2.75) is 6.54 Å². The second-order valence-corrected chi connectivity index (χ2v) is 5.20. The number of fused-ring (bicyclic) bond motifs is 2. The third-order valence-corrected chi connectivity index (χ3v) is 3.65. The van der Waals surface area contributed by atoms with E-state index in [2.05, 4.69) is 32.4 Å². The van der Waals surface area contributed by atoms with Gasteiger partial charge in [-0.3, -0.25) is 4.99 Å². The number of aliphatic imine (C=N–C) groups is 1. The maximum atomic E-state index is 6.00. The minimum Gasteiger partial charge on any atom is -0.340 e. The molecule has 0 aliphatic carbocycles. The highest BCUT2D eigenvalue weighted by Crippen LogP contribution is 2.26. The third kappa shape index (κ3) is 2.23. The van der Waals surface area contributed by atoms with Crippen molar-refractivity contribution in [3.8, 4) is 0 Å². The van der Waals surface area contributed by atoms with E-state index in [1.54, 1.807) is 0 Å². The summed E-state index contributed by atoms with van der Waals surface area (Å²) < 4.78 is 0. The predicted molar refractivity (Wildman–Crippen MR) is 85.6 cm³/mol. The zero-order chi connectivity index (χ0) is 14.2. The quantitative estimate of drug-likeness (QED) is 0.728. The number of benzene rings is 2. The lowest BCUT2D eigenvalue weighted by atomic mass is 10.1. The van der Waals surface area contributed by atoms with E-state index in [4.69, 9.17) is 11.6 Å². The molecule has 0 unspecified atom stereocenters. The topological polar surface area (TPSA) is 50.2 Å². The molecule has 2 aromatic carbocycles. The molecule has 0 atom stereocenters. The molecule has 1 aliphatic heterocycles. The molecule has 5 heteroatoms. The smallest absolute Gasteiger partial charge is 0.224 e. The largest absolute Gasteiger partial charge is 0.340 e. The summed E-state index contributed by atoms with van der Waals surface area (Å²) in [5.41, 5.74) is 4.17. The summed E-state index contributed by atoms with van der Waals surface area (Å²) in [4.78, 5) is 12.8. The summed E-state index contributed by atoms with van der Waals surface area (Å²) in [6.45, 7) is 0.762. The number of para-hydroxylation sites is 1. The third-order valence-electron chi connectivity index (χ3n) is 3.48. The number of rotatable bonds is 2. The van der Waals surface area contributed by atoms with Crippen molar-refractivity contribution in [1.82, 2.24) is 9.97 Å². The molecule has 102 valence electrons. The standard InChI is InChI=1S/C16H11ClN4/c17-16-20-14-4-2-1-3-13(14)15(21-16)19-12-6-5-10-8-18-9-11(10)7-12/h1-7,9H,8H2,(H,19,20,21). The molecular formula is C16H11ClN4. The Hall–Kier alpha value is -2.46. The minimum absolute atomic E-state index is 0.235. The van der Waals surface area contributed by atoms with Gasteiger partial charge in [0.15, 0.2) is 0 Å². The number of nitrogens with one attached hydrogen (secondary N) is 1. The van der Waals surface area contributed by atoms with Crippen LogP contribution < -0.4 is 5.32 Å². The summed E-state index contributed by atoms with van der Waals surface area (Å²) in [6, 6.07) is 14.0. The van der Waals surface area contributed by atoms with Crippen LogP contribution in [-0.4, -0.2) is 16.2 Å². The summed E-state index contributed by atoms with van der Waals surface area (Å²) in [5.74, 6) is 0.709. The number of hydrogen-bond acceptors (Lipinski definition) is 4. The predicted octanol–water partition coefficient (Wildman–Crippen LogP) is 3.96. The first-order valence-electron chi connectivity index (χ1n) is 6.62. The Morgan fingerprint density at radius 3 is 2.90 bits per heavy atom. The van der Waals surface area contributed by atoms with Crippen LogP contribution in [0, 0.1) is 0 Å². The molecule has 3 aromatic rings. The second kappa shape index (κ2) is 4.82. The van der Waals surface area contributed by atoms with E-state index in [1.165, 1.54) is 5.56 Å². The lowest BCUT2D eigenvalue weighted by molar-refractivity contribution is 1.11. The van der Waals surface area contributed by atoms with E-state index in [1.807, 2.05) is 36.5 Å². The van der Waals surface area contributed by atoms with Crippen molar-refractivity contribution in [2.75, 3.05) is 5.32 Å². The molecule has 0 saturated carbocycles. The Labute approximate surface area is 126 Å². The van der Waals surface area contributed by atoms with Gasteiger partial charge < -0.3 is 5.32 Å². The molecule has 1 aromatic heterocycles. The molecule has 1 aliphatic rings. The fraction of sp³-hybridized carbons (Fsp3) is 0.0625. The highest BCUT2D eigenvalue weighted by molar-refractivity contribution is 6.28. The van der Waals surface area contributed by atoms with Crippen LogP contribution in [0.2, 0.25) is 5.28 Å². The van der Waals surface area contributed by atoms with Crippen molar-refractivity contribution >= 4 is 40.2 Å². The van der Waals surface area contributed by atoms with E-state index < -0.39 is 0 Å². The van der Waals surface area contributed by atoms with Crippen LogP contribution in [0.25, 0.3) is 10.9 Å². The molecule has 0 fully saturated rings. The summed E-state index contributed by atoms with van der Waals surface area (Å²) in [6.07, 6.45) is 1.89. The molecule has 0 amide bonds. The van der Waals surface area contributed by atoms with E-state index in [0.717, 1.165) is 28.7 Å². The van der Waals surface area contributed by atoms with E-state index >= 15 is 0 Å². The Morgan fingerprint density at radius 2 is 1.95 bits per heavy atom. The van der Waals surface area contributed by atoms with Crippen LogP contribution in [0.5, 0.6) is 0 Å². The van der Waals surface area contributed by atoms with Gasteiger partial charge in [-0.2, -0.15) is 4.98 Å². The van der Waals surface area contributed by atoms with Crippen LogP contribution in [0.4, 0.5) is 11.5 Å². The Kier molecular flexibility index (Phi) is 2.82. The van der Waals surface area contributed by atoms with Gasteiger partial charge in [0.05, 0.1) is 12.1 Å². The maximum Gasteiger partial charge on any atom is 0.224 e. The second-order valence-electron chi connectivity index (χ2n) is 4.87. The van der Waals surface area contributed by atoms with Gasteiger partial charge in [0, 0.05) is 17.3 Å². The lowest BCUT2D eigenvalue weighted by Crippen LogP contribution is -1.98. The SMILES string of the molecule is Clc1nc(Nc2ccc3c(c2)C=NC3)c2ccccc2n1. The maximum absolute atomic E-state index is 6.00. The summed E-state index contributed by atoms with van der Waals surface area (Å²) >= 11 is 6.00. The van der Waals surface area contributed by atoms with Crippen molar-refractivity contribution in [2.24, 2.45) is 4.99 Å². The first-order valence-corrected chi connectivity index (χ1v) is 6.99. The zero-order valence-electron chi connectivity index (χ0n) is 11.0. The summed E-state index contributed by atoms with van der Waals surface area (Å²) in [5, 5.41) is 4.50. The van der Waals surface area contributed by atoms with Gasteiger partial charge >= 0.3 is 0 Å².